The number of nitro groups is 1. The van der Waals surface area contributed by atoms with E-state index in [2.05, 4.69) is 17.2 Å². The summed E-state index contributed by atoms with van der Waals surface area (Å²) in [6, 6.07) is 2.18. The Hall–Kier alpha value is -2.54. The highest BCUT2D eigenvalue weighted by Gasteiger charge is 2.58. The zero-order valence-corrected chi connectivity index (χ0v) is 34.2. The Morgan fingerprint density at radius 3 is 2.44 bits per heavy atom. The number of aromatic nitrogens is 1. The van der Waals surface area contributed by atoms with Gasteiger partial charge in [-0.1, -0.05) is 20.8 Å². The van der Waals surface area contributed by atoms with Crippen LogP contribution in [0.5, 0.6) is 0 Å². The van der Waals surface area contributed by atoms with Crippen molar-refractivity contribution in [3.8, 4) is 0 Å². The minimum Gasteiger partial charge on any atom is -0.459 e. The number of likely N-dealkylation sites (N-methyl/N-ethyl adjacent to an activating group) is 1. The molecule has 5 heterocycles. The van der Waals surface area contributed by atoms with Crippen LogP contribution in [-0.4, -0.2) is 142 Å². The van der Waals surface area contributed by atoms with E-state index < -0.39 is 82.6 Å². The molecule has 4 saturated heterocycles. The highest BCUT2D eigenvalue weighted by atomic mass is 16.7. The van der Waals surface area contributed by atoms with Crippen LogP contribution in [0.2, 0.25) is 0 Å². The summed E-state index contributed by atoms with van der Waals surface area (Å²) in [5, 5.41) is 50.0. The fraction of sp³-hybridized carbons (Fsp3) is 0.846. The lowest BCUT2D eigenvalue weighted by atomic mass is 9.78. The molecule has 16 heteroatoms. The monoisotopic (exact) mass is 779 g/mol. The number of carbonyl (C=O) groups excluding carboxylic acids is 1. The first-order valence-corrected chi connectivity index (χ1v) is 20.0. The van der Waals surface area contributed by atoms with E-state index >= 15 is 0 Å². The molecule has 4 aliphatic heterocycles. The molecule has 4 N–H and O–H groups in total. The van der Waals surface area contributed by atoms with Crippen LogP contribution < -0.4 is 10.2 Å². The van der Waals surface area contributed by atoms with Gasteiger partial charge in [0.1, 0.15) is 23.9 Å². The van der Waals surface area contributed by atoms with Gasteiger partial charge in [0, 0.05) is 56.2 Å². The first-order valence-electron chi connectivity index (χ1n) is 20.0. The van der Waals surface area contributed by atoms with Gasteiger partial charge in [0.05, 0.1) is 34.8 Å². The topological polar surface area (TPSA) is 198 Å². The second-order valence-corrected chi connectivity index (χ2v) is 17.3. The van der Waals surface area contributed by atoms with Gasteiger partial charge in [-0.25, -0.2) is 4.98 Å². The largest absolute Gasteiger partial charge is 0.459 e. The number of aliphatic hydroxyl groups is 3. The molecule has 1 aromatic heterocycles. The molecule has 312 valence electrons. The van der Waals surface area contributed by atoms with E-state index in [0.717, 1.165) is 0 Å². The molecule has 0 radical (unpaired) electrons. The lowest BCUT2D eigenvalue weighted by Gasteiger charge is -2.49. The minimum absolute atomic E-state index is 0.0687. The van der Waals surface area contributed by atoms with Gasteiger partial charge in [0.15, 0.2) is 12.1 Å². The summed E-state index contributed by atoms with van der Waals surface area (Å²) in [5.74, 6) is -3.10. The van der Waals surface area contributed by atoms with Gasteiger partial charge >= 0.3 is 11.7 Å². The molecule has 1 aromatic rings. The summed E-state index contributed by atoms with van der Waals surface area (Å²) in [6.07, 6.45) is -2.69. The Balaban J connectivity index is 1.60. The van der Waals surface area contributed by atoms with Crippen molar-refractivity contribution in [3.05, 3.63) is 28.4 Å². The maximum atomic E-state index is 14.2. The smallest absolute Gasteiger partial charge is 0.311 e. The molecule has 0 aromatic carbocycles. The van der Waals surface area contributed by atoms with Gasteiger partial charge < -0.3 is 54.1 Å². The molecule has 2 bridgehead atoms. The summed E-state index contributed by atoms with van der Waals surface area (Å²) >= 11 is 0. The number of pyridine rings is 1. The Bertz CT molecular complexity index is 1480. The van der Waals surface area contributed by atoms with Gasteiger partial charge in [-0.15, -0.1) is 0 Å². The molecule has 0 aliphatic carbocycles. The molecule has 14 atom stereocenters. The van der Waals surface area contributed by atoms with Crippen molar-refractivity contribution < 1.29 is 48.7 Å². The molecular formula is C39H65N5O11. The van der Waals surface area contributed by atoms with Gasteiger partial charge in [0.25, 0.3) is 0 Å². The van der Waals surface area contributed by atoms with Crippen molar-refractivity contribution in [2.45, 2.75) is 159 Å². The molecule has 1 unspecified atom stereocenters. The zero-order chi connectivity index (χ0) is 40.6. The van der Waals surface area contributed by atoms with Crippen molar-refractivity contribution in [1.82, 2.24) is 15.2 Å². The highest BCUT2D eigenvalue weighted by Crippen LogP contribution is 2.48. The first-order chi connectivity index (χ1) is 25.7. The van der Waals surface area contributed by atoms with Crippen molar-refractivity contribution in [2.75, 3.05) is 38.6 Å². The molecule has 1 spiro atoms. The molecule has 0 amide bonds. The average molecular weight is 780 g/mol. The van der Waals surface area contributed by atoms with Crippen molar-refractivity contribution in [3.63, 3.8) is 0 Å². The van der Waals surface area contributed by atoms with Gasteiger partial charge in [0.2, 0.25) is 5.82 Å². The molecule has 5 rings (SSSR count). The Morgan fingerprint density at radius 2 is 1.82 bits per heavy atom. The summed E-state index contributed by atoms with van der Waals surface area (Å²) in [6.45, 7) is 15.8. The Morgan fingerprint density at radius 1 is 1.15 bits per heavy atom. The third kappa shape index (κ3) is 9.12. The number of esters is 1. The summed E-state index contributed by atoms with van der Waals surface area (Å²) < 4.78 is 33.7. The number of fused-ring (bicyclic) bond motifs is 3. The standard InChI is InChI=1S/C39H65N5O11/c1-11-29-38(8,48)32(46)26(6)41-21-22(2)20-37(7)33(53-36-30(45)28(42(9)10)19-23(3)51-36)24(4)31(25(5)35(47)52-29)54-39(55-37)14-17-43(18-15-39)34-27(44(49)50)13-12-16-40-34/h12-13,16,22-26,28-33,36,41,45-46,48H,11,14-15,17-21H2,1-10H3/t22-,23-,24+,25-,26-,28?,29-,30-,31+,32-,33-,36+,37-,38-/m1/s1. The number of carbonyl (C=O) groups is 1. The number of nitrogens with zero attached hydrogens (tertiary/aromatic N) is 4. The van der Waals surface area contributed by atoms with Gasteiger partial charge in [-0.2, -0.15) is 0 Å². The van der Waals surface area contributed by atoms with E-state index in [0.29, 0.717) is 45.3 Å². The zero-order valence-electron chi connectivity index (χ0n) is 34.2. The normalized spacial score (nSPS) is 42.0. The average Bonchev–Trinajstić information content (AvgIpc) is 3.21. The first kappa shape index (κ1) is 43.6. The third-order valence-corrected chi connectivity index (χ3v) is 12.5. The van der Waals surface area contributed by atoms with Crippen LogP contribution in [-0.2, 0) is 28.5 Å². The minimum atomic E-state index is -1.77. The lowest BCUT2D eigenvalue weighted by molar-refractivity contribution is -0.384. The van der Waals surface area contributed by atoms with E-state index in [-0.39, 0.29) is 36.0 Å². The number of ether oxygens (including phenoxy) is 5. The lowest BCUT2D eigenvalue weighted by Crippen LogP contribution is -2.60. The SMILES string of the molecule is CC[C@H]1OC(=O)[C@H](C)[C@H]2OC3(CCN(c4ncccc4[N+](=O)[O-])CC3)O[C@](C)(C[C@@H](C)CN[C@H](C)[C@@H](O)[C@]1(C)O)[C@H](O[C@@H]1O[C@H](C)CC(N(C)C)[C@H]1O)[C@H]2C. The van der Waals surface area contributed by atoms with Crippen LogP contribution in [0, 0.1) is 27.9 Å². The van der Waals surface area contributed by atoms with Crippen LogP contribution in [0.1, 0.15) is 87.5 Å². The second-order valence-electron chi connectivity index (χ2n) is 17.3. The third-order valence-electron chi connectivity index (χ3n) is 12.5. The molecule has 16 nitrogen and oxygen atoms in total. The molecular weight excluding hydrogens is 714 g/mol. The van der Waals surface area contributed by atoms with E-state index in [1.807, 2.05) is 44.7 Å². The van der Waals surface area contributed by atoms with Crippen molar-refractivity contribution >= 4 is 17.5 Å². The van der Waals surface area contributed by atoms with E-state index in [1.165, 1.54) is 25.3 Å². The summed E-state index contributed by atoms with van der Waals surface area (Å²) in [4.78, 5) is 33.9. The quantitative estimate of drug-likeness (QED) is 0.187. The maximum Gasteiger partial charge on any atom is 0.311 e. The van der Waals surface area contributed by atoms with Crippen LogP contribution in [0.15, 0.2) is 18.3 Å². The predicted octanol–water partition coefficient (Wildman–Crippen LogP) is 3.00. The number of piperidine rings is 1. The highest BCUT2D eigenvalue weighted by molar-refractivity contribution is 5.73. The molecule has 55 heavy (non-hydrogen) atoms. The molecule has 4 fully saturated rings. The van der Waals surface area contributed by atoms with Crippen LogP contribution in [0.25, 0.3) is 0 Å². The number of aliphatic hydroxyl groups excluding tert-OH is 2. The van der Waals surface area contributed by atoms with Crippen LogP contribution >= 0.6 is 0 Å². The Labute approximate surface area is 325 Å². The fourth-order valence-corrected chi connectivity index (χ4v) is 9.38. The Kier molecular flexibility index (Phi) is 13.6. The fourth-order valence-electron chi connectivity index (χ4n) is 9.38. The van der Waals surface area contributed by atoms with Crippen LogP contribution in [0.3, 0.4) is 0 Å². The number of rotatable bonds is 6. The van der Waals surface area contributed by atoms with Crippen LogP contribution in [0.4, 0.5) is 11.5 Å². The van der Waals surface area contributed by atoms with E-state index in [1.54, 1.807) is 20.8 Å². The second kappa shape index (κ2) is 17.1. The van der Waals surface area contributed by atoms with Gasteiger partial charge in [-0.3, -0.25) is 14.9 Å². The van der Waals surface area contributed by atoms with Crippen molar-refractivity contribution in [1.29, 1.82) is 0 Å². The van der Waals surface area contributed by atoms with Gasteiger partial charge in [-0.05, 0) is 86.5 Å². The number of hydrogen-bond donors (Lipinski definition) is 4. The van der Waals surface area contributed by atoms with Crippen molar-refractivity contribution in [2.24, 2.45) is 17.8 Å². The maximum absolute atomic E-state index is 14.2. The summed E-state index contributed by atoms with van der Waals surface area (Å²) in [7, 11) is 3.83. The van der Waals surface area contributed by atoms with E-state index in [9.17, 15) is 30.2 Å². The number of nitrogens with one attached hydrogen (secondary N) is 1. The predicted molar refractivity (Wildman–Crippen MR) is 203 cm³/mol. The molecule has 0 saturated carbocycles. The summed E-state index contributed by atoms with van der Waals surface area (Å²) in [5.41, 5.74) is -2.95. The van der Waals surface area contributed by atoms with E-state index in [4.69, 9.17) is 23.7 Å². The number of anilines is 1. The molecule has 4 aliphatic rings. The number of cyclic esters (lactones) is 1. The number of hydrogen-bond acceptors (Lipinski definition) is 15.